The van der Waals surface area contributed by atoms with E-state index in [-0.39, 0.29) is 23.7 Å². The van der Waals surface area contributed by atoms with Crippen molar-refractivity contribution in [1.82, 2.24) is 0 Å². The molecule has 0 aliphatic carbocycles. The molecule has 17 heavy (non-hydrogen) atoms. The van der Waals surface area contributed by atoms with Crippen LogP contribution < -0.4 is 0 Å². The van der Waals surface area contributed by atoms with Crippen molar-refractivity contribution in [2.24, 2.45) is 0 Å². The lowest BCUT2D eigenvalue weighted by Crippen LogP contribution is -2.06. The first kappa shape index (κ1) is 13.4. The number of methoxy groups -OCH3 is 1. The van der Waals surface area contributed by atoms with Gasteiger partial charge < -0.3 is 14.3 Å². The number of hydrogen-bond donors (Lipinski definition) is 1. The number of ether oxygens (including phenoxy) is 1. The Morgan fingerprint density at radius 1 is 1.47 bits per heavy atom. The van der Waals surface area contributed by atoms with Crippen molar-refractivity contribution < 1.29 is 28.1 Å². The predicted octanol–water partition coefficient (Wildman–Crippen LogP) is 0.790. The Kier molecular flexibility index (Phi) is 4.89. The molecule has 1 N–H and O–H groups in total. The van der Waals surface area contributed by atoms with Gasteiger partial charge in [0.05, 0.1) is 19.3 Å². The minimum Gasteiger partial charge on any atom is -0.481 e. The molecule has 0 aliphatic heterocycles. The van der Waals surface area contributed by atoms with Gasteiger partial charge in [-0.15, -0.1) is 0 Å². The number of furan rings is 1. The molecule has 6 nitrogen and oxygen atoms in total. The summed E-state index contributed by atoms with van der Waals surface area (Å²) >= 11 is 0. The highest BCUT2D eigenvalue weighted by molar-refractivity contribution is 7.84. The first-order valence-corrected chi connectivity index (χ1v) is 6.25. The summed E-state index contributed by atoms with van der Waals surface area (Å²) in [4.78, 5) is 21.3. The Balaban J connectivity index is 2.51. The molecule has 0 aromatic carbocycles. The largest absolute Gasteiger partial charge is 0.481 e. The first-order chi connectivity index (χ1) is 8.02. The first-order valence-electron chi connectivity index (χ1n) is 4.76. The summed E-state index contributed by atoms with van der Waals surface area (Å²) in [6.07, 6.45) is -0.156. The van der Waals surface area contributed by atoms with Crippen LogP contribution in [0.1, 0.15) is 22.7 Å². The van der Waals surface area contributed by atoms with E-state index in [0.717, 1.165) is 0 Å². The molecule has 0 amide bonds. The number of aliphatic carboxylic acids is 1. The number of carboxylic acids is 1. The van der Waals surface area contributed by atoms with E-state index in [1.54, 1.807) is 0 Å². The van der Waals surface area contributed by atoms with Crippen LogP contribution >= 0.6 is 0 Å². The summed E-state index contributed by atoms with van der Waals surface area (Å²) in [7, 11) is -0.0884. The van der Waals surface area contributed by atoms with Crippen molar-refractivity contribution in [3.8, 4) is 0 Å². The van der Waals surface area contributed by atoms with Gasteiger partial charge in [0.25, 0.3) is 0 Å². The topological polar surface area (TPSA) is 93.8 Å². The molecule has 0 spiro atoms. The highest BCUT2D eigenvalue weighted by Gasteiger charge is 2.13. The smallest absolute Gasteiger partial charge is 0.373 e. The zero-order valence-corrected chi connectivity index (χ0v) is 9.99. The van der Waals surface area contributed by atoms with Crippen LogP contribution in [0.5, 0.6) is 0 Å². The van der Waals surface area contributed by atoms with Crippen molar-refractivity contribution >= 4 is 22.7 Å². The summed E-state index contributed by atoms with van der Waals surface area (Å²) in [5.41, 5.74) is 0. The zero-order valence-electron chi connectivity index (χ0n) is 9.17. The average molecular weight is 260 g/mol. The maximum Gasteiger partial charge on any atom is 0.373 e. The second-order valence-electron chi connectivity index (χ2n) is 3.19. The maximum atomic E-state index is 11.4. The normalized spacial score (nSPS) is 12.1. The molecule has 0 saturated heterocycles. The van der Waals surface area contributed by atoms with E-state index in [1.807, 2.05) is 0 Å². The lowest BCUT2D eigenvalue weighted by molar-refractivity contribution is -0.136. The molecule has 1 rings (SSSR count). The molecular weight excluding hydrogens is 248 g/mol. The van der Waals surface area contributed by atoms with E-state index in [9.17, 15) is 13.8 Å². The van der Waals surface area contributed by atoms with Crippen molar-refractivity contribution in [2.45, 2.75) is 12.2 Å². The van der Waals surface area contributed by atoms with Crippen molar-refractivity contribution in [2.75, 3.05) is 12.9 Å². The molecule has 7 heteroatoms. The number of carbonyl (C=O) groups excluding carboxylic acids is 1. The molecule has 94 valence electrons. The number of carbonyl (C=O) groups is 2. The standard InChI is InChI=1S/C10H12O6S/c1-15-10(13)8-3-2-7(16-8)6-17(14)5-4-9(11)12/h2-3H,4-6H2,1H3,(H,11,12). The van der Waals surface area contributed by atoms with Crippen LogP contribution in [-0.2, 0) is 26.1 Å². The number of carboxylic acid groups (broad SMARTS) is 1. The summed E-state index contributed by atoms with van der Waals surface area (Å²) < 4.78 is 21.0. The lowest BCUT2D eigenvalue weighted by atomic mass is 10.4. The number of esters is 1. The summed E-state index contributed by atoms with van der Waals surface area (Å²) in [6, 6.07) is 2.94. The van der Waals surface area contributed by atoms with Crippen LogP contribution in [0, 0.1) is 0 Å². The second kappa shape index (κ2) is 6.19. The molecule has 0 saturated carbocycles. The average Bonchev–Trinajstić information content (AvgIpc) is 2.73. The molecule has 1 heterocycles. The Bertz CT molecular complexity index is 436. The minimum absolute atomic E-state index is 0.0396. The summed E-state index contributed by atoms with van der Waals surface area (Å²) in [6.45, 7) is 0. The van der Waals surface area contributed by atoms with Gasteiger partial charge in [0.1, 0.15) is 5.76 Å². The fourth-order valence-corrected chi connectivity index (χ4v) is 2.12. The van der Waals surface area contributed by atoms with Gasteiger partial charge in [-0.1, -0.05) is 0 Å². The molecular formula is C10H12O6S. The molecule has 0 fully saturated rings. The van der Waals surface area contributed by atoms with E-state index < -0.39 is 22.7 Å². The van der Waals surface area contributed by atoms with Gasteiger partial charge in [-0.05, 0) is 12.1 Å². The maximum absolute atomic E-state index is 11.4. The Hall–Kier alpha value is -1.63. The highest BCUT2D eigenvalue weighted by Crippen LogP contribution is 2.11. The number of rotatable bonds is 6. The van der Waals surface area contributed by atoms with Crippen LogP contribution in [0.2, 0.25) is 0 Å². The Labute approximate surface area is 100 Å². The molecule has 0 aliphatic rings. The van der Waals surface area contributed by atoms with Crippen LogP contribution in [0.4, 0.5) is 0 Å². The molecule has 1 aromatic rings. The van der Waals surface area contributed by atoms with Crippen molar-refractivity contribution in [3.63, 3.8) is 0 Å². The Morgan fingerprint density at radius 3 is 2.76 bits per heavy atom. The lowest BCUT2D eigenvalue weighted by Gasteiger charge is -1.97. The molecule has 0 radical (unpaired) electrons. The van der Waals surface area contributed by atoms with Gasteiger partial charge in [-0.25, -0.2) is 4.79 Å². The van der Waals surface area contributed by atoms with Crippen LogP contribution in [0.15, 0.2) is 16.5 Å². The van der Waals surface area contributed by atoms with E-state index in [2.05, 4.69) is 4.74 Å². The molecule has 0 bridgehead atoms. The fourth-order valence-electron chi connectivity index (χ4n) is 1.10. The van der Waals surface area contributed by atoms with Gasteiger partial charge in [-0.3, -0.25) is 9.00 Å². The zero-order chi connectivity index (χ0) is 12.8. The van der Waals surface area contributed by atoms with Crippen LogP contribution in [0.3, 0.4) is 0 Å². The quantitative estimate of drug-likeness (QED) is 0.760. The van der Waals surface area contributed by atoms with Gasteiger partial charge in [0.15, 0.2) is 0 Å². The molecule has 1 aromatic heterocycles. The monoisotopic (exact) mass is 260 g/mol. The molecule has 1 unspecified atom stereocenters. The predicted molar refractivity (Wildman–Crippen MR) is 59.0 cm³/mol. The van der Waals surface area contributed by atoms with E-state index in [1.165, 1.54) is 19.2 Å². The van der Waals surface area contributed by atoms with Gasteiger partial charge in [0, 0.05) is 16.6 Å². The number of hydrogen-bond acceptors (Lipinski definition) is 5. The summed E-state index contributed by atoms with van der Waals surface area (Å²) in [5.74, 6) is -1.04. The minimum atomic E-state index is -1.32. The summed E-state index contributed by atoms with van der Waals surface area (Å²) in [5, 5.41) is 8.42. The molecule has 1 atom stereocenters. The van der Waals surface area contributed by atoms with Gasteiger partial charge >= 0.3 is 11.9 Å². The van der Waals surface area contributed by atoms with Crippen LogP contribution in [0.25, 0.3) is 0 Å². The van der Waals surface area contributed by atoms with Gasteiger partial charge in [0.2, 0.25) is 5.76 Å². The third kappa shape index (κ3) is 4.39. The fraction of sp³-hybridized carbons (Fsp3) is 0.400. The van der Waals surface area contributed by atoms with E-state index >= 15 is 0 Å². The third-order valence-electron chi connectivity index (χ3n) is 1.90. The van der Waals surface area contributed by atoms with Gasteiger partial charge in [-0.2, -0.15) is 0 Å². The van der Waals surface area contributed by atoms with Crippen molar-refractivity contribution in [3.05, 3.63) is 23.7 Å². The van der Waals surface area contributed by atoms with Crippen LogP contribution in [-0.4, -0.2) is 34.1 Å². The van der Waals surface area contributed by atoms with E-state index in [0.29, 0.717) is 5.76 Å². The Morgan fingerprint density at radius 2 is 2.18 bits per heavy atom. The van der Waals surface area contributed by atoms with E-state index in [4.69, 9.17) is 9.52 Å². The highest BCUT2D eigenvalue weighted by atomic mass is 32.2. The third-order valence-corrected chi connectivity index (χ3v) is 3.16. The van der Waals surface area contributed by atoms with Crippen molar-refractivity contribution in [1.29, 1.82) is 0 Å². The SMILES string of the molecule is COC(=O)c1ccc(CS(=O)CCC(=O)O)o1. The second-order valence-corrected chi connectivity index (χ2v) is 4.77.